The average Bonchev–Trinajstić information content (AvgIpc) is 2.29. The maximum absolute atomic E-state index is 11.7. The second kappa shape index (κ2) is 7.70. The van der Waals surface area contributed by atoms with E-state index in [4.69, 9.17) is 4.74 Å². The number of ether oxygens (including phenoxy) is 1. The van der Waals surface area contributed by atoms with Crippen LogP contribution >= 0.6 is 0 Å². The highest BCUT2D eigenvalue weighted by Gasteiger charge is 2.26. The number of aliphatic hydroxyl groups is 1. The zero-order valence-corrected chi connectivity index (χ0v) is 11.2. The first kappa shape index (κ1) is 14.5. The Morgan fingerprint density at radius 1 is 1.41 bits per heavy atom. The minimum atomic E-state index is -0.446. The van der Waals surface area contributed by atoms with Gasteiger partial charge in [-0.15, -0.1) is 0 Å². The topological polar surface area (TPSA) is 46.5 Å². The predicted octanol–water partition coefficient (Wildman–Crippen LogP) is 3.05. The van der Waals surface area contributed by atoms with Gasteiger partial charge >= 0.3 is 5.97 Å². The summed E-state index contributed by atoms with van der Waals surface area (Å²) in [6.07, 6.45) is 6.89. The number of esters is 1. The number of hydrogen-bond donors (Lipinski definition) is 1. The molecule has 3 heteroatoms. The van der Waals surface area contributed by atoms with E-state index in [1.807, 2.05) is 0 Å². The molecule has 3 nitrogen and oxygen atoms in total. The summed E-state index contributed by atoms with van der Waals surface area (Å²) in [5, 5.41) is 9.72. The number of rotatable bonds is 6. The SMILES string of the molecule is CCCC[C@H](C)CC(=O)O[C@@H]1CCCC[C@H]1O. The summed E-state index contributed by atoms with van der Waals surface area (Å²) in [5.74, 6) is 0.253. The zero-order chi connectivity index (χ0) is 12.7. The van der Waals surface area contributed by atoms with Crippen LogP contribution in [0.25, 0.3) is 0 Å². The molecule has 1 aliphatic carbocycles. The molecule has 0 bridgehead atoms. The Balaban J connectivity index is 2.23. The fourth-order valence-corrected chi connectivity index (χ4v) is 2.37. The Morgan fingerprint density at radius 3 is 2.76 bits per heavy atom. The van der Waals surface area contributed by atoms with Gasteiger partial charge < -0.3 is 9.84 Å². The van der Waals surface area contributed by atoms with Crippen molar-refractivity contribution in [1.29, 1.82) is 0 Å². The van der Waals surface area contributed by atoms with Crippen molar-refractivity contribution in [1.82, 2.24) is 0 Å². The van der Waals surface area contributed by atoms with Crippen LogP contribution in [0.3, 0.4) is 0 Å². The van der Waals surface area contributed by atoms with Crippen LogP contribution in [-0.2, 0) is 9.53 Å². The molecule has 1 rings (SSSR count). The molecule has 1 aliphatic rings. The van der Waals surface area contributed by atoms with Crippen LogP contribution in [0.1, 0.15) is 65.2 Å². The van der Waals surface area contributed by atoms with Crippen molar-refractivity contribution in [3.05, 3.63) is 0 Å². The predicted molar refractivity (Wildman–Crippen MR) is 67.7 cm³/mol. The number of carbonyl (C=O) groups is 1. The van der Waals surface area contributed by atoms with Crippen LogP contribution in [0.5, 0.6) is 0 Å². The highest BCUT2D eigenvalue weighted by atomic mass is 16.6. The minimum absolute atomic E-state index is 0.139. The van der Waals surface area contributed by atoms with Gasteiger partial charge in [-0.05, 0) is 25.2 Å². The first-order valence-electron chi connectivity index (χ1n) is 7.01. The number of unbranched alkanes of at least 4 members (excludes halogenated alkanes) is 1. The van der Waals surface area contributed by atoms with Gasteiger partial charge in [0.2, 0.25) is 0 Å². The fourth-order valence-electron chi connectivity index (χ4n) is 2.37. The van der Waals surface area contributed by atoms with E-state index in [1.165, 1.54) is 12.8 Å². The Morgan fingerprint density at radius 2 is 2.12 bits per heavy atom. The number of aliphatic hydroxyl groups excluding tert-OH is 1. The van der Waals surface area contributed by atoms with Crippen molar-refractivity contribution in [3.63, 3.8) is 0 Å². The normalized spacial score (nSPS) is 26.5. The molecule has 3 atom stereocenters. The Kier molecular flexibility index (Phi) is 6.56. The third kappa shape index (κ3) is 5.53. The molecule has 1 saturated carbocycles. The molecule has 1 fully saturated rings. The average molecular weight is 242 g/mol. The third-order valence-corrected chi connectivity index (χ3v) is 3.52. The number of carbonyl (C=O) groups excluding carboxylic acids is 1. The Bertz CT molecular complexity index is 228. The highest BCUT2D eigenvalue weighted by Crippen LogP contribution is 2.22. The molecule has 0 radical (unpaired) electrons. The van der Waals surface area contributed by atoms with E-state index in [1.54, 1.807) is 0 Å². The quantitative estimate of drug-likeness (QED) is 0.728. The molecule has 0 spiro atoms. The molecule has 0 heterocycles. The van der Waals surface area contributed by atoms with Crippen molar-refractivity contribution >= 4 is 5.97 Å². The highest BCUT2D eigenvalue weighted by molar-refractivity contribution is 5.69. The van der Waals surface area contributed by atoms with Gasteiger partial charge in [0.25, 0.3) is 0 Å². The maximum Gasteiger partial charge on any atom is 0.306 e. The first-order chi connectivity index (χ1) is 8.13. The van der Waals surface area contributed by atoms with Crippen molar-refractivity contribution in [2.45, 2.75) is 77.4 Å². The van der Waals surface area contributed by atoms with Crippen molar-refractivity contribution in [2.24, 2.45) is 5.92 Å². The lowest BCUT2D eigenvalue weighted by Crippen LogP contribution is -2.34. The molecule has 1 N–H and O–H groups in total. The molecule has 0 aromatic rings. The Hall–Kier alpha value is -0.570. The van der Waals surface area contributed by atoms with Crippen LogP contribution in [-0.4, -0.2) is 23.3 Å². The van der Waals surface area contributed by atoms with Gasteiger partial charge in [0, 0.05) is 6.42 Å². The van der Waals surface area contributed by atoms with Gasteiger partial charge in [0.05, 0.1) is 6.10 Å². The Labute approximate surface area is 105 Å². The van der Waals surface area contributed by atoms with E-state index in [9.17, 15) is 9.90 Å². The van der Waals surface area contributed by atoms with Gasteiger partial charge in [-0.25, -0.2) is 0 Å². The van der Waals surface area contributed by atoms with E-state index in [0.717, 1.165) is 32.1 Å². The second-order valence-corrected chi connectivity index (χ2v) is 5.33. The fraction of sp³-hybridized carbons (Fsp3) is 0.929. The monoisotopic (exact) mass is 242 g/mol. The molecule has 0 unspecified atom stereocenters. The maximum atomic E-state index is 11.7. The molecule has 0 aromatic carbocycles. The van der Waals surface area contributed by atoms with E-state index < -0.39 is 6.10 Å². The summed E-state index contributed by atoms with van der Waals surface area (Å²) >= 11 is 0. The lowest BCUT2D eigenvalue weighted by molar-refractivity contribution is -0.158. The zero-order valence-electron chi connectivity index (χ0n) is 11.2. The summed E-state index contributed by atoms with van der Waals surface area (Å²) in [5.41, 5.74) is 0. The van der Waals surface area contributed by atoms with Gasteiger partial charge in [0.1, 0.15) is 6.10 Å². The van der Waals surface area contributed by atoms with Crippen molar-refractivity contribution in [2.75, 3.05) is 0 Å². The van der Waals surface area contributed by atoms with Crippen molar-refractivity contribution < 1.29 is 14.6 Å². The van der Waals surface area contributed by atoms with Gasteiger partial charge in [0.15, 0.2) is 0 Å². The molecular weight excluding hydrogens is 216 g/mol. The first-order valence-corrected chi connectivity index (χ1v) is 7.01. The van der Waals surface area contributed by atoms with Crippen LogP contribution in [0, 0.1) is 5.92 Å². The third-order valence-electron chi connectivity index (χ3n) is 3.52. The second-order valence-electron chi connectivity index (χ2n) is 5.33. The summed E-state index contributed by atoms with van der Waals surface area (Å²) in [6, 6.07) is 0. The number of hydrogen-bond acceptors (Lipinski definition) is 3. The van der Waals surface area contributed by atoms with Gasteiger partial charge in [-0.1, -0.05) is 39.5 Å². The molecule has 17 heavy (non-hydrogen) atoms. The van der Waals surface area contributed by atoms with Crippen LogP contribution in [0.15, 0.2) is 0 Å². The minimum Gasteiger partial charge on any atom is -0.460 e. The smallest absolute Gasteiger partial charge is 0.306 e. The van der Waals surface area contributed by atoms with Crippen LogP contribution in [0.2, 0.25) is 0 Å². The van der Waals surface area contributed by atoms with Crippen LogP contribution in [0.4, 0.5) is 0 Å². The van der Waals surface area contributed by atoms with E-state index in [2.05, 4.69) is 13.8 Å². The summed E-state index contributed by atoms with van der Waals surface area (Å²) < 4.78 is 5.37. The molecule has 0 amide bonds. The summed E-state index contributed by atoms with van der Waals surface area (Å²) in [6.45, 7) is 4.25. The molecule has 0 saturated heterocycles. The van der Waals surface area contributed by atoms with E-state index in [0.29, 0.717) is 12.3 Å². The van der Waals surface area contributed by atoms with Crippen molar-refractivity contribution in [3.8, 4) is 0 Å². The van der Waals surface area contributed by atoms with E-state index in [-0.39, 0.29) is 12.1 Å². The molecule has 0 aromatic heterocycles. The van der Waals surface area contributed by atoms with Gasteiger partial charge in [-0.3, -0.25) is 4.79 Å². The van der Waals surface area contributed by atoms with E-state index >= 15 is 0 Å². The lowest BCUT2D eigenvalue weighted by Gasteiger charge is -2.27. The van der Waals surface area contributed by atoms with Gasteiger partial charge in [-0.2, -0.15) is 0 Å². The molecule has 100 valence electrons. The largest absolute Gasteiger partial charge is 0.460 e. The van der Waals surface area contributed by atoms with Crippen LogP contribution < -0.4 is 0 Å². The lowest BCUT2D eigenvalue weighted by atomic mass is 9.94. The summed E-state index contributed by atoms with van der Waals surface area (Å²) in [7, 11) is 0. The standard InChI is InChI=1S/C14H26O3/c1-3-4-7-11(2)10-14(16)17-13-9-6-5-8-12(13)15/h11-13,15H,3-10H2,1-2H3/t11-,12+,13+/m0/s1. The molecule has 0 aliphatic heterocycles. The molecular formula is C14H26O3. The summed E-state index contributed by atoms with van der Waals surface area (Å²) in [4.78, 5) is 11.7.